The summed E-state index contributed by atoms with van der Waals surface area (Å²) < 4.78 is 7.24. The molecule has 0 saturated heterocycles. The second-order valence-corrected chi connectivity index (χ2v) is 12.0. The second-order valence-electron chi connectivity index (χ2n) is 11.0. The summed E-state index contributed by atoms with van der Waals surface area (Å²) in [6, 6.07) is 17.0. The van der Waals surface area contributed by atoms with Crippen molar-refractivity contribution in [1.82, 2.24) is 20.1 Å². The molecule has 9 heteroatoms. The predicted octanol–water partition coefficient (Wildman–Crippen LogP) is 4.84. The number of para-hydroxylation sites is 1. The number of hydrogen-bond acceptors (Lipinski definition) is 6. The van der Waals surface area contributed by atoms with Crippen molar-refractivity contribution in [2.75, 3.05) is 18.2 Å². The molecular weight excluding hydrogens is 498 g/mol. The number of hydrogen-bond donors (Lipinski definition) is 2. The molecule has 198 valence electrons. The maximum atomic E-state index is 13.6. The summed E-state index contributed by atoms with van der Waals surface area (Å²) in [4.78, 5) is 26.1. The minimum Gasteiger partial charge on any atom is -0.497 e. The van der Waals surface area contributed by atoms with Gasteiger partial charge in [-0.15, -0.1) is 10.2 Å². The third-order valence-corrected chi connectivity index (χ3v) is 9.28. The molecule has 0 unspecified atom stereocenters. The predicted molar refractivity (Wildman–Crippen MR) is 146 cm³/mol. The summed E-state index contributed by atoms with van der Waals surface area (Å²) in [6.07, 6.45) is 6.97. The number of thioether (sulfide) groups is 1. The van der Waals surface area contributed by atoms with Crippen molar-refractivity contribution in [2.45, 2.75) is 50.2 Å². The highest BCUT2D eigenvalue weighted by atomic mass is 32.2. The normalized spacial score (nSPS) is 25.2. The van der Waals surface area contributed by atoms with Gasteiger partial charge in [0.15, 0.2) is 11.0 Å². The fourth-order valence-electron chi connectivity index (χ4n) is 7.08. The van der Waals surface area contributed by atoms with Gasteiger partial charge in [0.25, 0.3) is 0 Å². The number of benzene rings is 2. The highest BCUT2D eigenvalue weighted by Crippen LogP contribution is 2.60. The number of ether oxygens (including phenoxy) is 1. The average molecular weight is 532 g/mol. The minimum absolute atomic E-state index is 0.123. The van der Waals surface area contributed by atoms with Gasteiger partial charge in [-0.1, -0.05) is 30.0 Å². The molecule has 1 aromatic heterocycles. The van der Waals surface area contributed by atoms with Gasteiger partial charge in [0.1, 0.15) is 5.75 Å². The molecule has 4 saturated carbocycles. The van der Waals surface area contributed by atoms with E-state index in [4.69, 9.17) is 4.74 Å². The van der Waals surface area contributed by atoms with E-state index in [1.807, 2.05) is 59.2 Å². The van der Waals surface area contributed by atoms with Gasteiger partial charge >= 0.3 is 0 Å². The molecule has 4 bridgehead atoms. The van der Waals surface area contributed by atoms with Crippen molar-refractivity contribution in [3.63, 3.8) is 0 Å². The van der Waals surface area contributed by atoms with Gasteiger partial charge in [0, 0.05) is 16.8 Å². The smallest absolute Gasteiger partial charge is 0.234 e. The molecule has 4 aliphatic carbocycles. The summed E-state index contributed by atoms with van der Waals surface area (Å²) in [5, 5.41) is 15.6. The summed E-state index contributed by atoms with van der Waals surface area (Å²) >= 11 is 1.31. The zero-order valence-electron chi connectivity index (χ0n) is 21.6. The van der Waals surface area contributed by atoms with Crippen molar-refractivity contribution < 1.29 is 14.3 Å². The highest BCUT2D eigenvalue weighted by molar-refractivity contribution is 7.99. The van der Waals surface area contributed by atoms with Crippen molar-refractivity contribution in [2.24, 2.45) is 23.2 Å². The molecule has 8 nitrogen and oxygen atoms in total. The zero-order chi connectivity index (χ0) is 26.1. The lowest BCUT2D eigenvalue weighted by Crippen LogP contribution is -2.53. The van der Waals surface area contributed by atoms with Gasteiger partial charge in [-0.3, -0.25) is 14.2 Å². The Hall–Kier alpha value is -3.33. The highest BCUT2D eigenvalue weighted by Gasteiger charge is 2.54. The molecule has 3 aromatic rings. The Balaban J connectivity index is 1.18. The Morgan fingerprint density at radius 2 is 1.63 bits per heavy atom. The molecule has 2 N–H and O–H groups in total. The molecule has 0 spiro atoms. The Morgan fingerprint density at radius 3 is 2.26 bits per heavy atom. The van der Waals surface area contributed by atoms with Crippen LogP contribution in [0.15, 0.2) is 59.8 Å². The van der Waals surface area contributed by atoms with E-state index in [1.165, 1.54) is 31.0 Å². The molecular formula is C29H33N5O3S. The number of methoxy groups -OCH3 is 1. The number of amides is 2. The largest absolute Gasteiger partial charge is 0.497 e. The van der Waals surface area contributed by atoms with E-state index in [0.29, 0.717) is 28.7 Å². The van der Waals surface area contributed by atoms with Crippen molar-refractivity contribution >= 4 is 29.3 Å². The number of carbonyl (C=O) groups excluding carboxylic acids is 2. The third-order valence-electron chi connectivity index (χ3n) is 8.35. The van der Waals surface area contributed by atoms with Crippen LogP contribution in [0.1, 0.15) is 44.3 Å². The van der Waals surface area contributed by atoms with Crippen molar-refractivity contribution in [3.8, 4) is 11.4 Å². The topological polar surface area (TPSA) is 98.1 Å². The van der Waals surface area contributed by atoms with E-state index in [-0.39, 0.29) is 29.5 Å². The second kappa shape index (κ2) is 10.4. The molecule has 0 radical (unpaired) electrons. The number of nitrogens with zero attached hydrogens (tertiary/aromatic N) is 3. The van der Waals surface area contributed by atoms with E-state index in [9.17, 15) is 9.59 Å². The van der Waals surface area contributed by atoms with Crippen molar-refractivity contribution in [3.05, 3.63) is 60.4 Å². The Kier molecular flexibility index (Phi) is 6.86. The first-order chi connectivity index (χ1) is 18.5. The van der Waals surface area contributed by atoms with Crippen LogP contribution in [0.5, 0.6) is 5.75 Å². The Labute approximate surface area is 226 Å². The van der Waals surface area contributed by atoms with Gasteiger partial charge < -0.3 is 15.4 Å². The maximum Gasteiger partial charge on any atom is 0.234 e. The molecule has 2 aromatic carbocycles. The van der Waals surface area contributed by atoms with E-state index >= 15 is 0 Å². The van der Waals surface area contributed by atoms with Gasteiger partial charge in [0.05, 0.1) is 19.4 Å². The first-order valence-corrected chi connectivity index (χ1v) is 14.3. The number of rotatable bonds is 9. The third kappa shape index (κ3) is 5.04. The molecule has 1 heterocycles. The first-order valence-electron chi connectivity index (χ1n) is 13.4. The number of nitrogens with one attached hydrogen (secondary N) is 2. The first kappa shape index (κ1) is 25.0. The lowest BCUT2D eigenvalue weighted by atomic mass is 9.49. The minimum atomic E-state index is -0.215. The Morgan fingerprint density at radius 1 is 0.974 bits per heavy atom. The number of anilines is 1. The van der Waals surface area contributed by atoms with Gasteiger partial charge in [-0.05, 0) is 92.7 Å². The van der Waals surface area contributed by atoms with Gasteiger partial charge in [0.2, 0.25) is 11.8 Å². The van der Waals surface area contributed by atoms with Crippen LogP contribution in [0.2, 0.25) is 0 Å². The summed E-state index contributed by atoms with van der Waals surface area (Å²) in [5.74, 6) is 3.73. The maximum absolute atomic E-state index is 13.6. The van der Waals surface area contributed by atoms with Crippen LogP contribution in [-0.4, -0.2) is 39.4 Å². The fraction of sp³-hybridized carbons (Fsp3) is 0.448. The van der Waals surface area contributed by atoms with Crippen LogP contribution >= 0.6 is 11.8 Å². The van der Waals surface area contributed by atoms with E-state index in [1.54, 1.807) is 7.11 Å². The lowest BCUT2D eigenvalue weighted by molar-refractivity contribution is -0.146. The standard InChI is InChI=1S/C29H33N5O3S/c1-37-24-9-7-23(8-10-24)34-25(32-33-28(34)38-18-26(35)31-22-5-3-2-4-6-22)17-30-27(36)29-14-19-11-20(15-29)13-21(12-19)16-29/h2-10,19-21H,11-18H2,1H3,(H,30,36)(H,31,35). The monoisotopic (exact) mass is 531 g/mol. The Bertz CT molecular complexity index is 1270. The molecule has 4 aliphatic rings. The number of carbonyl (C=O) groups is 2. The van der Waals surface area contributed by atoms with Crippen LogP contribution in [0.25, 0.3) is 5.69 Å². The van der Waals surface area contributed by atoms with Gasteiger partial charge in [-0.2, -0.15) is 0 Å². The van der Waals surface area contributed by atoms with Crippen LogP contribution in [0.3, 0.4) is 0 Å². The van der Waals surface area contributed by atoms with Crippen molar-refractivity contribution in [1.29, 1.82) is 0 Å². The molecule has 0 atom stereocenters. The van der Waals surface area contributed by atoms with E-state index < -0.39 is 0 Å². The van der Waals surface area contributed by atoms with Crippen LogP contribution in [0, 0.1) is 23.2 Å². The van der Waals surface area contributed by atoms with E-state index in [2.05, 4.69) is 20.8 Å². The lowest BCUT2D eigenvalue weighted by Gasteiger charge is -2.55. The van der Waals surface area contributed by atoms with Gasteiger partial charge in [-0.25, -0.2) is 0 Å². The van der Waals surface area contributed by atoms with E-state index in [0.717, 1.165) is 36.4 Å². The fourth-order valence-corrected chi connectivity index (χ4v) is 7.85. The molecule has 4 fully saturated rings. The molecule has 38 heavy (non-hydrogen) atoms. The summed E-state index contributed by atoms with van der Waals surface area (Å²) in [6.45, 7) is 0.288. The molecule has 7 rings (SSSR count). The summed E-state index contributed by atoms with van der Waals surface area (Å²) in [5.41, 5.74) is 1.39. The van der Waals surface area contributed by atoms with Crippen LogP contribution in [0.4, 0.5) is 5.69 Å². The SMILES string of the molecule is COc1ccc(-n2c(CNC(=O)C34CC5CC(CC(C5)C3)C4)nnc2SCC(=O)Nc2ccccc2)cc1. The average Bonchev–Trinajstić information content (AvgIpc) is 3.33. The zero-order valence-corrected chi connectivity index (χ0v) is 22.4. The quantitative estimate of drug-likeness (QED) is 0.384. The van der Waals surface area contributed by atoms with Crippen LogP contribution < -0.4 is 15.4 Å². The van der Waals surface area contributed by atoms with Crippen LogP contribution in [-0.2, 0) is 16.1 Å². The molecule has 2 amide bonds. The summed E-state index contributed by atoms with van der Waals surface area (Å²) in [7, 11) is 1.63. The molecule has 0 aliphatic heterocycles. The number of aromatic nitrogens is 3.